The molecule has 0 aliphatic heterocycles. The molecule has 4 heteroatoms. The molecule has 0 saturated carbocycles. The highest BCUT2D eigenvalue weighted by molar-refractivity contribution is 9.10. The third-order valence-corrected chi connectivity index (χ3v) is 4.56. The maximum atomic E-state index is 6.34. The van der Waals surface area contributed by atoms with Crippen molar-refractivity contribution in [2.24, 2.45) is 5.73 Å². The lowest BCUT2D eigenvalue weighted by Gasteiger charge is -2.31. The van der Waals surface area contributed by atoms with Crippen LogP contribution in [-0.2, 0) is 6.54 Å². The fraction of sp³-hybridized carbons (Fsp3) is 0.412. The zero-order valence-corrected chi connectivity index (χ0v) is 14.4. The lowest BCUT2D eigenvalue weighted by molar-refractivity contribution is 0.174. The van der Waals surface area contributed by atoms with Gasteiger partial charge in [-0.2, -0.15) is 0 Å². The van der Waals surface area contributed by atoms with E-state index >= 15 is 0 Å². The first-order valence-corrected chi connectivity index (χ1v) is 8.07. The van der Waals surface area contributed by atoms with E-state index in [-0.39, 0.29) is 12.1 Å². The van der Waals surface area contributed by atoms with Crippen molar-refractivity contribution in [3.63, 3.8) is 0 Å². The van der Waals surface area contributed by atoms with Gasteiger partial charge in [0.05, 0.1) is 6.04 Å². The van der Waals surface area contributed by atoms with Crippen LogP contribution < -0.4 is 5.73 Å². The molecule has 1 heterocycles. The number of likely N-dealkylation sites (N-methyl/N-ethyl adjacent to an activating group) is 1. The average molecular weight is 351 g/mol. The van der Waals surface area contributed by atoms with Gasteiger partial charge in [-0.15, -0.1) is 0 Å². The van der Waals surface area contributed by atoms with Crippen LogP contribution in [0.3, 0.4) is 0 Å². The largest absolute Gasteiger partial charge is 0.465 e. The summed E-state index contributed by atoms with van der Waals surface area (Å²) < 4.78 is 6.95. The highest BCUT2D eigenvalue weighted by Crippen LogP contribution is 2.28. The zero-order chi connectivity index (χ0) is 15.4. The van der Waals surface area contributed by atoms with E-state index in [0.717, 1.165) is 29.0 Å². The number of hydrogen-bond acceptors (Lipinski definition) is 3. The van der Waals surface area contributed by atoms with Crippen molar-refractivity contribution >= 4 is 15.9 Å². The van der Waals surface area contributed by atoms with Gasteiger partial charge >= 0.3 is 0 Å². The van der Waals surface area contributed by atoms with Gasteiger partial charge in [-0.3, -0.25) is 4.90 Å². The standard InChI is InChI=1S/C17H23BrN2O/c1-4-15(19)17(16-10-9-12(2)21-16)20(3)11-13-7-5-6-8-14(13)18/h5-10,15,17H,4,11,19H2,1-3H3. The molecule has 3 nitrogen and oxygen atoms in total. The number of nitrogens with two attached hydrogens (primary N) is 1. The second kappa shape index (κ2) is 7.25. The Bertz CT molecular complexity index is 582. The van der Waals surface area contributed by atoms with Gasteiger partial charge in [-0.1, -0.05) is 41.1 Å². The number of halogens is 1. The summed E-state index contributed by atoms with van der Waals surface area (Å²) >= 11 is 3.61. The molecule has 21 heavy (non-hydrogen) atoms. The molecule has 2 rings (SSSR count). The van der Waals surface area contributed by atoms with Crippen LogP contribution in [0.2, 0.25) is 0 Å². The molecule has 0 aliphatic rings. The smallest absolute Gasteiger partial charge is 0.122 e. The summed E-state index contributed by atoms with van der Waals surface area (Å²) in [5.74, 6) is 1.86. The number of nitrogens with zero attached hydrogens (tertiary/aromatic N) is 1. The molecular formula is C17H23BrN2O. The second-order valence-electron chi connectivity index (χ2n) is 5.47. The van der Waals surface area contributed by atoms with Gasteiger partial charge in [0.15, 0.2) is 0 Å². The fourth-order valence-electron chi connectivity index (χ4n) is 2.58. The van der Waals surface area contributed by atoms with Crippen molar-refractivity contribution in [2.75, 3.05) is 7.05 Å². The van der Waals surface area contributed by atoms with E-state index in [4.69, 9.17) is 10.2 Å². The summed E-state index contributed by atoms with van der Waals surface area (Å²) in [5, 5.41) is 0. The second-order valence-corrected chi connectivity index (χ2v) is 6.33. The highest BCUT2D eigenvalue weighted by atomic mass is 79.9. The molecule has 114 valence electrons. The number of furan rings is 1. The maximum absolute atomic E-state index is 6.34. The predicted octanol–water partition coefficient (Wildman–Crippen LogP) is 4.26. The Morgan fingerprint density at radius 1 is 1.24 bits per heavy atom. The fourth-order valence-corrected chi connectivity index (χ4v) is 2.99. The Kier molecular flexibility index (Phi) is 5.62. The first kappa shape index (κ1) is 16.3. The van der Waals surface area contributed by atoms with E-state index in [1.54, 1.807) is 0 Å². The first-order valence-electron chi connectivity index (χ1n) is 7.28. The molecule has 1 aromatic carbocycles. The highest BCUT2D eigenvalue weighted by Gasteiger charge is 2.26. The third kappa shape index (κ3) is 3.96. The lowest BCUT2D eigenvalue weighted by Crippen LogP contribution is -2.38. The van der Waals surface area contributed by atoms with E-state index < -0.39 is 0 Å². The van der Waals surface area contributed by atoms with Crippen LogP contribution in [0, 0.1) is 6.92 Å². The van der Waals surface area contributed by atoms with E-state index in [1.165, 1.54) is 5.56 Å². The summed E-state index contributed by atoms with van der Waals surface area (Å²) in [6, 6.07) is 12.4. The van der Waals surface area contributed by atoms with Crippen LogP contribution in [0.15, 0.2) is 45.3 Å². The predicted molar refractivity (Wildman–Crippen MR) is 90.1 cm³/mol. The van der Waals surface area contributed by atoms with Crippen molar-refractivity contribution in [1.82, 2.24) is 4.90 Å². The lowest BCUT2D eigenvalue weighted by atomic mass is 10.0. The molecule has 0 spiro atoms. The molecule has 0 amide bonds. The summed E-state index contributed by atoms with van der Waals surface area (Å²) in [6.45, 7) is 4.89. The molecule has 2 aromatic rings. The molecule has 0 bridgehead atoms. The molecule has 0 radical (unpaired) electrons. The van der Waals surface area contributed by atoms with Crippen molar-refractivity contribution in [1.29, 1.82) is 0 Å². The number of aryl methyl sites for hydroxylation is 1. The van der Waals surface area contributed by atoms with Gasteiger partial charge < -0.3 is 10.2 Å². The van der Waals surface area contributed by atoms with Crippen LogP contribution in [-0.4, -0.2) is 18.0 Å². The van der Waals surface area contributed by atoms with Crippen molar-refractivity contribution < 1.29 is 4.42 Å². The molecule has 2 unspecified atom stereocenters. The number of hydrogen-bond donors (Lipinski definition) is 1. The van der Waals surface area contributed by atoms with Gasteiger partial charge in [0.2, 0.25) is 0 Å². The van der Waals surface area contributed by atoms with E-state index in [0.29, 0.717) is 0 Å². The zero-order valence-electron chi connectivity index (χ0n) is 12.8. The minimum atomic E-state index is 0.0445. The molecule has 0 fully saturated rings. The van der Waals surface area contributed by atoms with Crippen molar-refractivity contribution in [2.45, 2.75) is 38.9 Å². The molecule has 1 aromatic heterocycles. The van der Waals surface area contributed by atoms with Crippen LogP contribution in [0.5, 0.6) is 0 Å². The summed E-state index contributed by atoms with van der Waals surface area (Å²) in [6.07, 6.45) is 0.907. The SMILES string of the molecule is CCC(N)C(c1ccc(C)o1)N(C)Cc1ccccc1Br. The number of benzene rings is 1. The Labute approximate surface area is 135 Å². The van der Waals surface area contributed by atoms with Gasteiger partial charge in [-0.05, 0) is 44.2 Å². The van der Waals surface area contributed by atoms with Crippen LogP contribution in [0.25, 0.3) is 0 Å². The normalized spacial score (nSPS) is 14.4. The summed E-state index contributed by atoms with van der Waals surface area (Å²) in [5.41, 5.74) is 7.58. The Morgan fingerprint density at radius 2 is 1.95 bits per heavy atom. The maximum Gasteiger partial charge on any atom is 0.122 e. The monoisotopic (exact) mass is 350 g/mol. The van der Waals surface area contributed by atoms with E-state index in [2.05, 4.69) is 53.0 Å². The van der Waals surface area contributed by atoms with Crippen LogP contribution in [0.1, 0.15) is 36.5 Å². The molecule has 2 N–H and O–H groups in total. The summed E-state index contributed by atoms with van der Waals surface area (Å²) in [7, 11) is 2.09. The Morgan fingerprint density at radius 3 is 2.52 bits per heavy atom. The Balaban J connectivity index is 2.22. The van der Waals surface area contributed by atoms with Gasteiger partial charge in [0, 0.05) is 17.1 Å². The van der Waals surface area contributed by atoms with E-state index in [9.17, 15) is 0 Å². The van der Waals surface area contributed by atoms with Crippen molar-refractivity contribution in [3.05, 3.63) is 58.0 Å². The molecular weight excluding hydrogens is 328 g/mol. The van der Waals surface area contributed by atoms with Gasteiger partial charge in [0.25, 0.3) is 0 Å². The van der Waals surface area contributed by atoms with Crippen molar-refractivity contribution in [3.8, 4) is 0 Å². The molecule has 0 aliphatic carbocycles. The minimum absolute atomic E-state index is 0.0445. The Hall–Kier alpha value is -1.10. The molecule has 0 saturated heterocycles. The average Bonchev–Trinajstić information content (AvgIpc) is 2.87. The van der Waals surface area contributed by atoms with Crippen LogP contribution >= 0.6 is 15.9 Å². The molecule has 2 atom stereocenters. The summed E-state index contributed by atoms with van der Waals surface area (Å²) in [4.78, 5) is 2.26. The minimum Gasteiger partial charge on any atom is -0.465 e. The van der Waals surface area contributed by atoms with E-state index in [1.807, 2.05) is 25.1 Å². The first-order chi connectivity index (χ1) is 10.0. The number of rotatable bonds is 6. The topological polar surface area (TPSA) is 42.4 Å². The quantitative estimate of drug-likeness (QED) is 0.846. The third-order valence-electron chi connectivity index (χ3n) is 3.78. The van der Waals surface area contributed by atoms with Gasteiger partial charge in [0.1, 0.15) is 11.5 Å². The van der Waals surface area contributed by atoms with Crippen LogP contribution in [0.4, 0.5) is 0 Å². The van der Waals surface area contributed by atoms with Gasteiger partial charge in [-0.25, -0.2) is 0 Å².